The Morgan fingerprint density at radius 1 is 1.55 bits per heavy atom. The Kier molecular flexibility index (Phi) is 4.73. The van der Waals surface area contributed by atoms with E-state index in [0.29, 0.717) is 6.54 Å². The van der Waals surface area contributed by atoms with Crippen LogP contribution in [0.4, 0.5) is 4.39 Å². The molecule has 4 nitrogen and oxygen atoms in total. The van der Waals surface area contributed by atoms with Crippen molar-refractivity contribution in [3.05, 3.63) is 35.6 Å². The molecule has 0 aliphatic carbocycles. The number of halogens is 1. The van der Waals surface area contributed by atoms with Crippen LogP contribution in [-0.2, 0) is 4.79 Å². The fourth-order valence-corrected chi connectivity index (χ4v) is 2.90. The van der Waals surface area contributed by atoms with E-state index in [4.69, 9.17) is 5.73 Å². The molecule has 2 N–H and O–H groups in total. The minimum atomic E-state index is -0.268. The van der Waals surface area contributed by atoms with Crippen LogP contribution in [0.25, 0.3) is 0 Å². The summed E-state index contributed by atoms with van der Waals surface area (Å²) in [4.78, 5) is 16.0. The third kappa shape index (κ3) is 2.99. The van der Waals surface area contributed by atoms with E-state index in [2.05, 4.69) is 4.90 Å². The van der Waals surface area contributed by atoms with Gasteiger partial charge in [0.25, 0.3) is 0 Å². The Bertz CT molecular complexity index is 478. The van der Waals surface area contributed by atoms with Gasteiger partial charge >= 0.3 is 0 Å². The molecule has 0 spiro atoms. The summed E-state index contributed by atoms with van der Waals surface area (Å²) in [5.74, 6) is -0.173. The van der Waals surface area contributed by atoms with Crippen molar-refractivity contribution in [3.8, 4) is 0 Å². The maximum Gasteiger partial charge on any atom is 0.239 e. The maximum absolute atomic E-state index is 13.4. The molecule has 1 heterocycles. The summed E-state index contributed by atoms with van der Waals surface area (Å²) < 4.78 is 13.4. The van der Waals surface area contributed by atoms with E-state index >= 15 is 0 Å². The van der Waals surface area contributed by atoms with Crippen molar-refractivity contribution in [1.82, 2.24) is 9.80 Å². The lowest BCUT2D eigenvalue weighted by atomic mass is 10.0. The molecule has 0 saturated carbocycles. The monoisotopic (exact) mass is 279 g/mol. The van der Waals surface area contributed by atoms with E-state index in [1.165, 1.54) is 12.1 Å². The quantitative estimate of drug-likeness (QED) is 0.906. The Balaban J connectivity index is 2.24. The predicted molar refractivity (Wildman–Crippen MR) is 76.6 cm³/mol. The van der Waals surface area contributed by atoms with Crippen LogP contribution in [0.15, 0.2) is 24.3 Å². The van der Waals surface area contributed by atoms with Crippen molar-refractivity contribution in [1.29, 1.82) is 0 Å². The number of nitrogens with two attached hydrogens (primary N) is 1. The third-order valence-corrected chi connectivity index (χ3v) is 3.88. The summed E-state index contributed by atoms with van der Waals surface area (Å²) in [5, 5.41) is 0. The number of benzene rings is 1. The molecule has 0 aromatic heterocycles. The Morgan fingerprint density at radius 2 is 2.30 bits per heavy atom. The van der Waals surface area contributed by atoms with Gasteiger partial charge in [-0.2, -0.15) is 0 Å². The molecule has 110 valence electrons. The van der Waals surface area contributed by atoms with E-state index < -0.39 is 0 Å². The molecular weight excluding hydrogens is 257 g/mol. The highest BCUT2D eigenvalue weighted by atomic mass is 19.1. The fourth-order valence-electron chi connectivity index (χ4n) is 2.90. The van der Waals surface area contributed by atoms with Gasteiger partial charge in [-0.25, -0.2) is 4.39 Å². The van der Waals surface area contributed by atoms with Crippen molar-refractivity contribution in [2.24, 2.45) is 5.73 Å². The zero-order chi connectivity index (χ0) is 14.7. The highest BCUT2D eigenvalue weighted by Gasteiger charge is 2.36. The van der Waals surface area contributed by atoms with E-state index in [-0.39, 0.29) is 23.8 Å². The Labute approximate surface area is 119 Å². The number of carbonyl (C=O) groups excluding carboxylic acids is 1. The number of likely N-dealkylation sites (N-methyl/N-ethyl adjacent to an activating group) is 1. The van der Waals surface area contributed by atoms with Gasteiger partial charge in [0, 0.05) is 26.7 Å². The molecule has 1 aliphatic heterocycles. The number of hydrogen-bond acceptors (Lipinski definition) is 3. The minimum absolute atomic E-state index is 0.0948. The molecule has 1 aliphatic rings. The second-order valence-corrected chi connectivity index (χ2v) is 5.44. The molecule has 1 amide bonds. The first-order valence-corrected chi connectivity index (χ1v) is 6.97. The summed E-state index contributed by atoms with van der Waals surface area (Å²) >= 11 is 0. The van der Waals surface area contributed by atoms with Crippen LogP contribution in [0.3, 0.4) is 0 Å². The Morgan fingerprint density at radius 3 is 2.90 bits per heavy atom. The lowest BCUT2D eigenvalue weighted by Crippen LogP contribution is -2.46. The molecule has 5 heteroatoms. The number of amides is 1. The van der Waals surface area contributed by atoms with Crippen molar-refractivity contribution >= 4 is 5.91 Å². The van der Waals surface area contributed by atoms with Crippen molar-refractivity contribution in [2.45, 2.75) is 24.9 Å². The first-order valence-electron chi connectivity index (χ1n) is 6.97. The molecule has 2 rings (SSSR count). The highest BCUT2D eigenvalue weighted by Crippen LogP contribution is 2.29. The number of carbonyl (C=O) groups is 1. The molecular formula is C15H22FN3O. The van der Waals surface area contributed by atoms with Crippen LogP contribution in [-0.4, -0.2) is 48.9 Å². The average molecular weight is 279 g/mol. The van der Waals surface area contributed by atoms with Crippen LogP contribution < -0.4 is 5.73 Å². The van der Waals surface area contributed by atoms with E-state index in [0.717, 1.165) is 24.9 Å². The summed E-state index contributed by atoms with van der Waals surface area (Å²) in [5.41, 5.74) is 6.72. The molecule has 0 radical (unpaired) electrons. The van der Waals surface area contributed by atoms with E-state index in [1.807, 2.05) is 6.07 Å². The van der Waals surface area contributed by atoms with Gasteiger partial charge in [-0.15, -0.1) is 0 Å². The standard InChI is InChI=1S/C15H22FN3O/c1-18(2)15(20)13-7-4-8-19(13)14(10-17)11-5-3-6-12(16)9-11/h3,5-6,9,13-14H,4,7-8,10,17H2,1-2H3. The largest absolute Gasteiger partial charge is 0.347 e. The second-order valence-electron chi connectivity index (χ2n) is 5.44. The number of nitrogens with zero attached hydrogens (tertiary/aromatic N) is 2. The number of hydrogen-bond donors (Lipinski definition) is 1. The van der Waals surface area contributed by atoms with Crippen LogP contribution >= 0.6 is 0 Å². The van der Waals surface area contributed by atoms with Gasteiger partial charge in [-0.05, 0) is 37.1 Å². The molecule has 20 heavy (non-hydrogen) atoms. The van der Waals surface area contributed by atoms with Gasteiger partial charge in [0.2, 0.25) is 5.91 Å². The molecule has 1 saturated heterocycles. The highest BCUT2D eigenvalue weighted by molar-refractivity contribution is 5.81. The minimum Gasteiger partial charge on any atom is -0.347 e. The number of rotatable bonds is 4. The van der Waals surface area contributed by atoms with Crippen molar-refractivity contribution in [3.63, 3.8) is 0 Å². The van der Waals surface area contributed by atoms with E-state index in [9.17, 15) is 9.18 Å². The van der Waals surface area contributed by atoms with Gasteiger partial charge in [0.15, 0.2) is 0 Å². The van der Waals surface area contributed by atoms with Gasteiger partial charge in [-0.1, -0.05) is 12.1 Å². The first-order chi connectivity index (χ1) is 9.54. The third-order valence-electron chi connectivity index (χ3n) is 3.88. The molecule has 1 fully saturated rings. The summed E-state index contributed by atoms with van der Waals surface area (Å²) in [6.45, 7) is 1.20. The zero-order valence-corrected chi connectivity index (χ0v) is 12.1. The maximum atomic E-state index is 13.4. The van der Waals surface area contributed by atoms with Crippen LogP contribution in [0.5, 0.6) is 0 Å². The normalized spacial score (nSPS) is 20.9. The zero-order valence-electron chi connectivity index (χ0n) is 12.1. The van der Waals surface area contributed by atoms with Crippen LogP contribution in [0.2, 0.25) is 0 Å². The predicted octanol–water partition coefficient (Wildman–Crippen LogP) is 1.38. The molecule has 2 atom stereocenters. The van der Waals surface area contributed by atoms with Gasteiger partial charge in [-0.3, -0.25) is 9.69 Å². The SMILES string of the molecule is CN(C)C(=O)C1CCCN1C(CN)c1cccc(F)c1. The van der Waals surface area contributed by atoms with Gasteiger partial charge < -0.3 is 10.6 Å². The van der Waals surface area contributed by atoms with Gasteiger partial charge in [0.1, 0.15) is 5.82 Å². The van der Waals surface area contributed by atoms with Crippen molar-refractivity contribution < 1.29 is 9.18 Å². The lowest BCUT2D eigenvalue weighted by molar-refractivity contribution is -0.134. The molecule has 2 unspecified atom stereocenters. The molecule has 0 bridgehead atoms. The molecule has 1 aromatic rings. The second kappa shape index (κ2) is 6.33. The smallest absolute Gasteiger partial charge is 0.239 e. The summed E-state index contributed by atoms with van der Waals surface area (Å²) in [6.07, 6.45) is 1.80. The lowest BCUT2D eigenvalue weighted by Gasteiger charge is -2.33. The van der Waals surface area contributed by atoms with Crippen LogP contribution in [0.1, 0.15) is 24.4 Å². The summed E-state index contributed by atoms with van der Waals surface area (Å²) in [6, 6.07) is 6.22. The first kappa shape index (κ1) is 14.9. The van der Waals surface area contributed by atoms with E-state index in [1.54, 1.807) is 25.1 Å². The van der Waals surface area contributed by atoms with Crippen molar-refractivity contribution in [2.75, 3.05) is 27.2 Å². The number of likely N-dealkylation sites (tertiary alicyclic amines) is 1. The van der Waals surface area contributed by atoms with Crippen LogP contribution in [0, 0.1) is 5.82 Å². The fraction of sp³-hybridized carbons (Fsp3) is 0.533. The topological polar surface area (TPSA) is 49.6 Å². The summed E-state index contributed by atoms with van der Waals surface area (Å²) in [7, 11) is 3.52. The average Bonchev–Trinajstić information content (AvgIpc) is 2.88. The molecule has 1 aromatic carbocycles. The van der Waals surface area contributed by atoms with Gasteiger partial charge in [0.05, 0.1) is 6.04 Å². The Hall–Kier alpha value is -1.46.